The molecule has 3 aromatic rings. The maximum absolute atomic E-state index is 12.5. The van der Waals surface area contributed by atoms with Crippen LogP contribution in [-0.4, -0.2) is 23.9 Å². The molecule has 4 nitrogen and oxygen atoms in total. The Bertz CT molecular complexity index is 980. The van der Waals surface area contributed by atoms with Gasteiger partial charge in [-0.25, -0.2) is 0 Å². The second-order valence-electron chi connectivity index (χ2n) is 7.92. The second-order valence-corrected chi connectivity index (χ2v) is 7.92. The molecule has 1 fully saturated rings. The van der Waals surface area contributed by atoms with E-state index < -0.39 is 0 Å². The van der Waals surface area contributed by atoms with Crippen molar-refractivity contribution < 1.29 is 4.79 Å². The highest BCUT2D eigenvalue weighted by Crippen LogP contribution is 2.25. The van der Waals surface area contributed by atoms with E-state index in [1.54, 1.807) is 0 Å². The summed E-state index contributed by atoms with van der Waals surface area (Å²) in [6.07, 6.45) is 2.63. The van der Waals surface area contributed by atoms with Crippen LogP contribution in [0.2, 0.25) is 0 Å². The normalized spacial score (nSPS) is 13.6. The van der Waals surface area contributed by atoms with E-state index in [1.165, 1.54) is 37.1 Å². The van der Waals surface area contributed by atoms with Gasteiger partial charge in [0, 0.05) is 25.2 Å². The Hall–Kier alpha value is -2.66. The summed E-state index contributed by atoms with van der Waals surface area (Å²) in [6, 6.07) is 24.5. The van der Waals surface area contributed by atoms with Crippen molar-refractivity contribution in [3.8, 4) is 11.1 Å². The van der Waals surface area contributed by atoms with Crippen molar-refractivity contribution in [2.75, 3.05) is 13.1 Å². The van der Waals surface area contributed by atoms with Crippen LogP contribution in [0.25, 0.3) is 11.1 Å². The van der Waals surface area contributed by atoms with E-state index in [-0.39, 0.29) is 18.3 Å². The van der Waals surface area contributed by atoms with E-state index in [4.69, 9.17) is 5.73 Å². The summed E-state index contributed by atoms with van der Waals surface area (Å²) in [6.45, 7) is 4.41. The van der Waals surface area contributed by atoms with Crippen molar-refractivity contribution in [3.05, 3.63) is 95.1 Å². The lowest BCUT2D eigenvalue weighted by atomic mass is 9.98. The minimum Gasteiger partial charge on any atom is -0.348 e. The van der Waals surface area contributed by atoms with Gasteiger partial charge in [-0.2, -0.15) is 0 Å². The van der Waals surface area contributed by atoms with Gasteiger partial charge in [0.05, 0.1) is 0 Å². The number of likely N-dealkylation sites (tertiary alicyclic amines) is 1. The maximum Gasteiger partial charge on any atom is 0.251 e. The molecule has 1 aliphatic rings. The third kappa shape index (κ3) is 5.95. The number of nitrogens with zero attached hydrogens (tertiary/aromatic N) is 1. The Morgan fingerprint density at radius 3 is 2.19 bits per heavy atom. The Kier molecular flexibility index (Phi) is 8.24. The minimum atomic E-state index is -0.0747. The number of hydrogen-bond donors (Lipinski definition) is 2. The number of carbonyl (C=O) groups excluding carboxylic acids is 1. The fraction of sp³-hybridized carbons (Fsp3) is 0.269. The van der Waals surface area contributed by atoms with E-state index in [9.17, 15) is 4.79 Å². The maximum atomic E-state index is 12.5. The summed E-state index contributed by atoms with van der Waals surface area (Å²) in [5.41, 5.74) is 12.1. The molecular weight excluding hydrogens is 406 g/mol. The molecule has 5 heteroatoms. The lowest BCUT2D eigenvalue weighted by Gasteiger charge is -2.15. The summed E-state index contributed by atoms with van der Waals surface area (Å²) < 4.78 is 0. The number of nitrogens with one attached hydrogen (secondary N) is 1. The Morgan fingerprint density at radius 2 is 1.52 bits per heavy atom. The first-order valence-electron chi connectivity index (χ1n) is 10.7. The summed E-state index contributed by atoms with van der Waals surface area (Å²) in [5, 5.41) is 3.05. The van der Waals surface area contributed by atoms with Gasteiger partial charge in [-0.1, -0.05) is 60.7 Å². The van der Waals surface area contributed by atoms with Crippen molar-refractivity contribution in [2.45, 2.75) is 32.5 Å². The fourth-order valence-electron chi connectivity index (χ4n) is 4.01. The largest absolute Gasteiger partial charge is 0.348 e. The minimum absolute atomic E-state index is 0. The lowest BCUT2D eigenvalue weighted by Crippen LogP contribution is -2.23. The van der Waals surface area contributed by atoms with Crippen molar-refractivity contribution in [2.24, 2.45) is 5.73 Å². The SMILES string of the molecule is Cl.NCc1ccc(C(=O)NCc2ccccc2-c2ccc(CN3CCCC3)cc2)cc1. The highest BCUT2D eigenvalue weighted by atomic mass is 35.5. The van der Waals surface area contributed by atoms with Crippen LogP contribution in [0.5, 0.6) is 0 Å². The van der Waals surface area contributed by atoms with E-state index in [2.05, 4.69) is 46.6 Å². The van der Waals surface area contributed by atoms with Crippen LogP contribution in [0.15, 0.2) is 72.8 Å². The number of rotatable bonds is 7. The van der Waals surface area contributed by atoms with Crippen molar-refractivity contribution >= 4 is 18.3 Å². The van der Waals surface area contributed by atoms with Gasteiger partial charge in [-0.3, -0.25) is 9.69 Å². The zero-order chi connectivity index (χ0) is 20.8. The average Bonchev–Trinajstić information content (AvgIpc) is 3.31. The monoisotopic (exact) mass is 435 g/mol. The van der Waals surface area contributed by atoms with Gasteiger partial charge in [0.25, 0.3) is 5.91 Å². The van der Waals surface area contributed by atoms with E-state index in [0.717, 1.165) is 23.2 Å². The molecule has 3 aromatic carbocycles. The molecule has 4 rings (SSSR count). The summed E-state index contributed by atoms with van der Waals surface area (Å²) >= 11 is 0. The van der Waals surface area contributed by atoms with Crippen LogP contribution in [0.3, 0.4) is 0 Å². The second kappa shape index (κ2) is 11.1. The molecule has 0 saturated carbocycles. The molecule has 1 aliphatic heterocycles. The summed E-state index contributed by atoms with van der Waals surface area (Å²) in [4.78, 5) is 15.0. The predicted octanol–water partition coefficient (Wildman–Crippen LogP) is 4.76. The van der Waals surface area contributed by atoms with Gasteiger partial charge in [0.2, 0.25) is 0 Å². The Morgan fingerprint density at radius 1 is 0.871 bits per heavy atom. The quantitative estimate of drug-likeness (QED) is 0.562. The van der Waals surface area contributed by atoms with Crippen LogP contribution in [0.4, 0.5) is 0 Å². The number of benzene rings is 3. The molecular formula is C26H30ClN3O. The third-order valence-electron chi connectivity index (χ3n) is 5.78. The summed E-state index contributed by atoms with van der Waals surface area (Å²) in [7, 11) is 0. The molecule has 162 valence electrons. The van der Waals surface area contributed by atoms with Gasteiger partial charge < -0.3 is 11.1 Å². The highest BCUT2D eigenvalue weighted by Gasteiger charge is 2.12. The number of carbonyl (C=O) groups is 1. The molecule has 0 unspecified atom stereocenters. The molecule has 0 spiro atoms. The van der Waals surface area contributed by atoms with Gasteiger partial charge in [-0.15, -0.1) is 12.4 Å². The number of hydrogen-bond acceptors (Lipinski definition) is 3. The zero-order valence-electron chi connectivity index (χ0n) is 17.7. The van der Waals surface area contributed by atoms with Gasteiger partial charge in [0.1, 0.15) is 0 Å². The fourth-order valence-corrected chi connectivity index (χ4v) is 4.01. The van der Waals surface area contributed by atoms with E-state index >= 15 is 0 Å². The van der Waals surface area contributed by atoms with Crippen molar-refractivity contribution in [1.29, 1.82) is 0 Å². The average molecular weight is 436 g/mol. The third-order valence-corrected chi connectivity index (χ3v) is 5.78. The molecule has 31 heavy (non-hydrogen) atoms. The summed E-state index contributed by atoms with van der Waals surface area (Å²) in [5.74, 6) is -0.0747. The van der Waals surface area contributed by atoms with Crippen LogP contribution in [0.1, 0.15) is 39.9 Å². The zero-order valence-corrected chi connectivity index (χ0v) is 18.5. The molecule has 1 amide bonds. The van der Waals surface area contributed by atoms with E-state index in [0.29, 0.717) is 18.7 Å². The van der Waals surface area contributed by atoms with Gasteiger partial charge in [-0.05, 0) is 65.9 Å². The molecule has 3 N–H and O–H groups in total. The molecule has 1 heterocycles. The molecule has 1 saturated heterocycles. The molecule has 0 aromatic heterocycles. The topological polar surface area (TPSA) is 58.4 Å². The van der Waals surface area contributed by atoms with Crippen LogP contribution >= 0.6 is 12.4 Å². The number of nitrogens with two attached hydrogens (primary N) is 1. The van der Waals surface area contributed by atoms with Gasteiger partial charge in [0.15, 0.2) is 0 Å². The Balaban J connectivity index is 0.00000272. The number of amides is 1. The smallest absolute Gasteiger partial charge is 0.251 e. The molecule has 0 bridgehead atoms. The molecule has 0 atom stereocenters. The molecule has 0 aliphatic carbocycles. The van der Waals surface area contributed by atoms with Crippen LogP contribution < -0.4 is 11.1 Å². The molecule has 0 radical (unpaired) electrons. The first kappa shape index (κ1) is 23.0. The standard InChI is InChI=1S/C26H29N3O.ClH/c27-17-20-7-13-23(14-8-20)26(30)28-18-24-5-1-2-6-25(24)22-11-9-21(10-12-22)19-29-15-3-4-16-29;/h1-2,5-14H,3-4,15-19,27H2,(H,28,30);1H. The van der Waals surface area contributed by atoms with Crippen LogP contribution in [-0.2, 0) is 19.6 Å². The van der Waals surface area contributed by atoms with Crippen molar-refractivity contribution in [1.82, 2.24) is 10.2 Å². The first-order valence-corrected chi connectivity index (χ1v) is 10.7. The van der Waals surface area contributed by atoms with Gasteiger partial charge >= 0.3 is 0 Å². The lowest BCUT2D eigenvalue weighted by molar-refractivity contribution is 0.0951. The Labute approximate surface area is 190 Å². The number of halogens is 1. The predicted molar refractivity (Wildman–Crippen MR) is 129 cm³/mol. The van der Waals surface area contributed by atoms with Crippen LogP contribution in [0, 0.1) is 0 Å². The van der Waals surface area contributed by atoms with Crippen molar-refractivity contribution in [3.63, 3.8) is 0 Å². The van der Waals surface area contributed by atoms with E-state index in [1.807, 2.05) is 36.4 Å². The highest BCUT2D eigenvalue weighted by molar-refractivity contribution is 5.94. The first-order chi connectivity index (χ1) is 14.7.